The molecule has 0 saturated carbocycles. The second-order valence-electron chi connectivity index (χ2n) is 4.85. The van der Waals surface area contributed by atoms with Gasteiger partial charge in [-0.2, -0.15) is 0 Å². The summed E-state index contributed by atoms with van der Waals surface area (Å²) in [5.74, 6) is 5.65. The van der Waals surface area contributed by atoms with Crippen molar-refractivity contribution in [2.75, 3.05) is 0 Å². The molecule has 1 aliphatic carbocycles. The van der Waals surface area contributed by atoms with E-state index in [2.05, 4.69) is 32.4 Å². The molecule has 0 aliphatic heterocycles. The molecule has 98 valence electrons. The van der Waals surface area contributed by atoms with Gasteiger partial charge in [-0.25, -0.2) is 0 Å². The van der Waals surface area contributed by atoms with Gasteiger partial charge in [-0.3, -0.25) is 16.3 Å². The predicted molar refractivity (Wildman–Crippen MR) is 77.9 cm³/mol. The number of hydrogen-bond acceptors (Lipinski definition) is 3. The highest BCUT2D eigenvalue weighted by molar-refractivity contribution is 9.10. The number of nitrogens with two attached hydrogens (primary N) is 1. The van der Waals surface area contributed by atoms with Crippen LogP contribution in [0.3, 0.4) is 0 Å². The van der Waals surface area contributed by atoms with E-state index in [0.29, 0.717) is 0 Å². The number of aromatic nitrogens is 1. The lowest BCUT2D eigenvalue weighted by atomic mass is 9.93. The Kier molecular flexibility index (Phi) is 5.35. The van der Waals surface area contributed by atoms with Crippen LogP contribution in [0.1, 0.15) is 37.8 Å². The van der Waals surface area contributed by atoms with Crippen LogP contribution in [0, 0.1) is 0 Å². The van der Waals surface area contributed by atoms with Crippen molar-refractivity contribution in [2.45, 2.75) is 44.6 Å². The van der Waals surface area contributed by atoms with E-state index in [9.17, 15) is 0 Å². The van der Waals surface area contributed by atoms with Crippen LogP contribution in [0.25, 0.3) is 0 Å². The quantitative estimate of drug-likeness (QED) is 0.499. The lowest BCUT2D eigenvalue weighted by Gasteiger charge is -2.19. The number of nitrogens with zero attached hydrogens (tertiary/aromatic N) is 1. The van der Waals surface area contributed by atoms with E-state index in [4.69, 9.17) is 5.84 Å². The predicted octanol–water partition coefficient (Wildman–Crippen LogP) is 3.11. The van der Waals surface area contributed by atoms with Crippen molar-refractivity contribution in [1.82, 2.24) is 10.4 Å². The van der Waals surface area contributed by atoms with Gasteiger partial charge >= 0.3 is 0 Å². The zero-order valence-electron chi connectivity index (χ0n) is 10.5. The molecule has 0 saturated heterocycles. The molecule has 4 heteroatoms. The molecule has 0 fully saturated rings. The summed E-state index contributed by atoms with van der Waals surface area (Å²) in [6.07, 6.45) is 11.2. The molecule has 0 radical (unpaired) electrons. The van der Waals surface area contributed by atoms with Crippen molar-refractivity contribution < 1.29 is 0 Å². The van der Waals surface area contributed by atoms with Crippen LogP contribution >= 0.6 is 15.9 Å². The molecule has 0 amide bonds. The molecule has 2 rings (SSSR count). The third kappa shape index (κ3) is 4.19. The fourth-order valence-electron chi connectivity index (χ4n) is 2.38. The van der Waals surface area contributed by atoms with E-state index in [1.165, 1.54) is 25.7 Å². The molecule has 1 aromatic rings. The zero-order chi connectivity index (χ0) is 12.8. The SMILES string of the molecule is NNC(CC1=CCCCC1)Cc1ccc(Br)cn1. The fraction of sp³-hybridized carbons (Fsp3) is 0.500. The second kappa shape index (κ2) is 7.02. The number of pyridine rings is 1. The molecular formula is C14H20BrN3. The highest BCUT2D eigenvalue weighted by Crippen LogP contribution is 2.22. The van der Waals surface area contributed by atoms with Gasteiger partial charge in [0.25, 0.3) is 0 Å². The highest BCUT2D eigenvalue weighted by atomic mass is 79.9. The smallest absolute Gasteiger partial charge is 0.0420 e. The van der Waals surface area contributed by atoms with Gasteiger partial charge in [-0.05, 0) is 60.2 Å². The molecule has 18 heavy (non-hydrogen) atoms. The lowest BCUT2D eigenvalue weighted by Crippen LogP contribution is -2.37. The Balaban J connectivity index is 1.92. The van der Waals surface area contributed by atoms with Gasteiger partial charge in [0.2, 0.25) is 0 Å². The number of nitrogens with one attached hydrogen (secondary N) is 1. The van der Waals surface area contributed by atoms with Gasteiger partial charge in [0.1, 0.15) is 0 Å². The summed E-state index contributed by atoms with van der Waals surface area (Å²) in [6.45, 7) is 0. The highest BCUT2D eigenvalue weighted by Gasteiger charge is 2.12. The first-order valence-corrected chi connectivity index (χ1v) is 7.31. The van der Waals surface area contributed by atoms with Gasteiger partial charge in [-0.15, -0.1) is 0 Å². The Morgan fingerprint density at radius 1 is 1.33 bits per heavy atom. The molecule has 0 aromatic carbocycles. The minimum atomic E-state index is 0.281. The summed E-state index contributed by atoms with van der Waals surface area (Å²) >= 11 is 3.40. The Bertz CT molecular complexity index is 400. The minimum absolute atomic E-state index is 0.281. The maximum Gasteiger partial charge on any atom is 0.0420 e. The van der Waals surface area contributed by atoms with E-state index >= 15 is 0 Å². The summed E-state index contributed by atoms with van der Waals surface area (Å²) in [6, 6.07) is 4.35. The third-order valence-corrected chi connectivity index (χ3v) is 3.84. The fourth-order valence-corrected chi connectivity index (χ4v) is 2.61. The van der Waals surface area contributed by atoms with Gasteiger partial charge in [0, 0.05) is 28.8 Å². The Morgan fingerprint density at radius 2 is 2.22 bits per heavy atom. The van der Waals surface area contributed by atoms with E-state index in [1.807, 2.05) is 18.3 Å². The molecule has 0 spiro atoms. The minimum Gasteiger partial charge on any atom is -0.271 e. The van der Waals surface area contributed by atoms with Gasteiger partial charge in [0.15, 0.2) is 0 Å². The molecule has 3 N–H and O–H groups in total. The van der Waals surface area contributed by atoms with Crippen molar-refractivity contribution in [1.29, 1.82) is 0 Å². The number of hydrazine groups is 1. The summed E-state index contributed by atoms with van der Waals surface area (Å²) in [7, 11) is 0. The van der Waals surface area contributed by atoms with Gasteiger partial charge in [-0.1, -0.05) is 11.6 Å². The van der Waals surface area contributed by atoms with Crippen LogP contribution in [-0.2, 0) is 6.42 Å². The molecular weight excluding hydrogens is 290 g/mol. The Labute approximate surface area is 117 Å². The molecule has 0 bridgehead atoms. The lowest BCUT2D eigenvalue weighted by molar-refractivity contribution is 0.500. The molecule has 1 heterocycles. The number of rotatable bonds is 5. The van der Waals surface area contributed by atoms with Crippen molar-refractivity contribution in [3.63, 3.8) is 0 Å². The maximum atomic E-state index is 5.65. The average molecular weight is 310 g/mol. The van der Waals surface area contributed by atoms with Crippen molar-refractivity contribution >= 4 is 15.9 Å². The number of halogens is 1. The van der Waals surface area contributed by atoms with E-state index in [-0.39, 0.29) is 6.04 Å². The average Bonchev–Trinajstić information content (AvgIpc) is 2.41. The van der Waals surface area contributed by atoms with Crippen LogP contribution in [0.4, 0.5) is 0 Å². The summed E-state index contributed by atoms with van der Waals surface area (Å²) in [4.78, 5) is 4.40. The topological polar surface area (TPSA) is 50.9 Å². The summed E-state index contributed by atoms with van der Waals surface area (Å²) < 4.78 is 1.01. The van der Waals surface area contributed by atoms with Crippen molar-refractivity contribution in [3.05, 3.63) is 40.1 Å². The molecule has 1 unspecified atom stereocenters. The van der Waals surface area contributed by atoms with Crippen molar-refractivity contribution in [3.8, 4) is 0 Å². The monoisotopic (exact) mass is 309 g/mol. The summed E-state index contributed by atoms with van der Waals surface area (Å²) in [5, 5.41) is 0. The first-order valence-electron chi connectivity index (χ1n) is 6.52. The number of allylic oxidation sites excluding steroid dienone is 1. The van der Waals surface area contributed by atoms with Gasteiger partial charge in [0.05, 0.1) is 0 Å². The Morgan fingerprint density at radius 3 is 2.83 bits per heavy atom. The van der Waals surface area contributed by atoms with Crippen LogP contribution in [0.2, 0.25) is 0 Å². The maximum absolute atomic E-state index is 5.65. The van der Waals surface area contributed by atoms with Crippen LogP contribution in [0.5, 0.6) is 0 Å². The molecule has 1 aromatic heterocycles. The Hall–Kier alpha value is -0.710. The van der Waals surface area contributed by atoms with E-state index in [1.54, 1.807) is 5.57 Å². The molecule has 1 atom stereocenters. The van der Waals surface area contributed by atoms with Gasteiger partial charge < -0.3 is 0 Å². The van der Waals surface area contributed by atoms with E-state index < -0.39 is 0 Å². The van der Waals surface area contributed by atoms with Crippen LogP contribution < -0.4 is 11.3 Å². The largest absolute Gasteiger partial charge is 0.271 e. The first kappa shape index (κ1) is 13.7. The molecule has 1 aliphatic rings. The number of hydrogen-bond donors (Lipinski definition) is 2. The van der Waals surface area contributed by atoms with Crippen molar-refractivity contribution in [2.24, 2.45) is 5.84 Å². The molecule has 3 nitrogen and oxygen atoms in total. The third-order valence-electron chi connectivity index (χ3n) is 3.37. The van der Waals surface area contributed by atoms with Crippen LogP contribution in [0.15, 0.2) is 34.5 Å². The standard InChI is InChI=1S/C14H20BrN3/c15-12-6-7-13(17-10-12)9-14(18-16)8-11-4-2-1-3-5-11/h4,6-7,10,14,18H,1-3,5,8-9,16H2. The second-order valence-corrected chi connectivity index (χ2v) is 5.76. The summed E-state index contributed by atoms with van der Waals surface area (Å²) in [5.41, 5.74) is 5.54. The van der Waals surface area contributed by atoms with Crippen LogP contribution in [-0.4, -0.2) is 11.0 Å². The zero-order valence-corrected chi connectivity index (χ0v) is 12.1. The first-order chi connectivity index (χ1) is 8.78. The van der Waals surface area contributed by atoms with E-state index in [0.717, 1.165) is 23.0 Å². The normalized spacial score (nSPS) is 17.3.